The Hall–Kier alpha value is -4.34. The fourth-order valence-electron chi connectivity index (χ4n) is 4.71. The summed E-state index contributed by atoms with van der Waals surface area (Å²) in [4.78, 5) is 39.4. The molecule has 0 saturated carbocycles. The molecule has 9 nitrogen and oxygen atoms in total. The maximum Gasteiger partial charge on any atom is 0.414 e. The number of pyridine rings is 1. The van der Waals surface area contributed by atoms with Crippen molar-refractivity contribution in [2.75, 3.05) is 39.3 Å². The van der Waals surface area contributed by atoms with Crippen LogP contribution in [-0.2, 0) is 14.4 Å². The molecule has 0 bridgehead atoms. The first kappa shape index (κ1) is 31.2. The molecule has 0 aliphatic carbocycles. The number of carbonyl (C=O) groups is 3. The van der Waals surface area contributed by atoms with Crippen LogP contribution in [0, 0.1) is 6.92 Å². The van der Waals surface area contributed by atoms with Crippen molar-refractivity contribution in [1.82, 2.24) is 20.1 Å². The molecule has 1 amide bonds. The van der Waals surface area contributed by atoms with E-state index in [1.165, 1.54) is 16.7 Å². The summed E-state index contributed by atoms with van der Waals surface area (Å²) in [5.41, 5.74) is 4.97. The van der Waals surface area contributed by atoms with Gasteiger partial charge in [-0.15, -0.1) is 0 Å². The van der Waals surface area contributed by atoms with E-state index in [1.54, 1.807) is 24.5 Å². The molecule has 1 aliphatic heterocycles. The second-order valence-corrected chi connectivity index (χ2v) is 9.83. The maximum absolute atomic E-state index is 12.0. The minimum Gasteiger partial charge on any atom is -0.473 e. The number of carboxylic acid groups (broad SMARTS) is 2. The number of rotatable bonds is 10. The van der Waals surface area contributed by atoms with Gasteiger partial charge in [-0.25, -0.2) is 9.59 Å². The van der Waals surface area contributed by atoms with Crippen molar-refractivity contribution in [2.24, 2.45) is 0 Å². The van der Waals surface area contributed by atoms with E-state index in [0.717, 1.165) is 51.1 Å². The van der Waals surface area contributed by atoms with Crippen LogP contribution in [0.15, 0.2) is 85.2 Å². The number of aliphatic carboxylic acids is 2. The highest BCUT2D eigenvalue weighted by Gasteiger charge is 2.26. The first-order chi connectivity index (χ1) is 19.8. The molecule has 2 heterocycles. The Morgan fingerprint density at radius 1 is 0.902 bits per heavy atom. The van der Waals surface area contributed by atoms with Crippen LogP contribution in [0.5, 0.6) is 0 Å². The molecule has 41 heavy (non-hydrogen) atoms. The SMILES string of the molecule is Cc1cccc(C(c2ccccc2)N2CCN(CCCCNC(=O)/C=C/c3cccnc3)CC2)c1.O=C(O)C(=O)O. The fraction of sp³-hybridized carbons (Fsp3) is 0.312. The van der Waals surface area contributed by atoms with E-state index in [1.807, 2.05) is 12.1 Å². The molecule has 2 aromatic carbocycles. The average molecular weight is 559 g/mol. The first-order valence-corrected chi connectivity index (χ1v) is 13.7. The summed E-state index contributed by atoms with van der Waals surface area (Å²) in [5, 5.41) is 17.8. The Bertz CT molecular complexity index is 1260. The normalized spacial score (nSPS) is 14.6. The number of hydrogen-bond donors (Lipinski definition) is 3. The lowest BCUT2D eigenvalue weighted by molar-refractivity contribution is -0.159. The number of unbranched alkanes of at least 4 members (excludes halogenated alkanes) is 1. The Morgan fingerprint density at radius 2 is 1.61 bits per heavy atom. The minimum absolute atomic E-state index is 0.0504. The molecule has 1 aromatic heterocycles. The van der Waals surface area contributed by atoms with Crippen LogP contribution >= 0.6 is 0 Å². The largest absolute Gasteiger partial charge is 0.473 e. The van der Waals surface area contributed by atoms with Gasteiger partial charge in [0.25, 0.3) is 0 Å². The predicted octanol–water partition coefficient (Wildman–Crippen LogP) is 3.86. The summed E-state index contributed by atoms with van der Waals surface area (Å²) in [6.45, 7) is 8.23. The van der Waals surface area contributed by atoms with Crippen LogP contribution in [0.2, 0.25) is 0 Å². The van der Waals surface area contributed by atoms with Crippen molar-refractivity contribution in [1.29, 1.82) is 0 Å². The van der Waals surface area contributed by atoms with Gasteiger partial charge in [-0.1, -0.05) is 66.2 Å². The molecular weight excluding hydrogens is 520 g/mol. The topological polar surface area (TPSA) is 123 Å². The quantitative estimate of drug-likeness (QED) is 0.195. The molecule has 1 saturated heterocycles. The number of nitrogens with zero attached hydrogens (tertiary/aromatic N) is 3. The fourth-order valence-corrected chi connectivity index (χ4v) is 4.71. The van der Waals surface area contributed by atoms with Crippen molar-refractivity contribution in [3.05, 3.63) is 107 Å². The lowest BCUT2D eigenvalue weighted by Crippen LogP contribution is -2.48. The van der Waals surface area contributed by atoms with Gasteiger partial charge in [0.05, 0.1) is 6.04 Å². The van der Waals surface area contributed by atoms with Crippen molar-refractivity contribution >= 4 is 23.9 Å². The van der Waals surface area contributed by atoms with E-state index in [4.69, 9.17) is 19.8 Å². The highest BCUT2D eigenvalue weighted by molar-refractivity contribution is 6.27. The summed E-state index contributed by atoms with van der Waals surface area (Å²) in [7, 11) is 0. The Kier molecular flexibility index (Phi) is 12.7. The van der Waals surface area contributed by atoms with Gasteiger partial charge < -0.3 is 20.4 Å². The second-order valence-electron chi connectivity index (χ2n) is 9.83. The van der Waals surface area contributed by atoms with Crippen LogP contribution < -0.4 is 5.32 Å². The van der Waals surface area contributed by atoms with Crippen molar-refractivity contribution < 1.29 is 24.6 Å². The van der Waals surface area contributed by atoms with E-state index in [9.17, 15) is 4.79 Å². The first-order valence-electron chi connectivity index (χ1n) is 13.7. The van der Waals surface area contributed by atoms with Gasteiger partial charge in [0.1, 0.15) is 0 Å². The van der Waals surface area contributed by atoms with Gasteiger partial charge in [0, 0.05) is 51.2 Å². The van der Waals surface area contributed by atoms with Crippen molar-refractivity contribution in [2.45, 2.75) is 25.8 Å². The van der Waals surface area contributed by atoms with Gasteiger partial charge in [-0.05, 0) is 55.1 Å². The Labute approximate surface area is 241 Å². The lowest BCUT2D eigenvalue weighted by Gasteiger charge is -2.40. The van der Waals surface area contributed by atoms with Gasteiger partial charge in [-0.2, -0.15) is 0 Å². The highest BCUT2D eigenvalue weighted by Crippen LogP contribution is 2.30. The van der Waals surface area contributed by atoms with Crippen LogP contribution in [-0.4, -0.2) is 82.1 Å². The van der Waals surface area contributed by atoms with Gasteiger partial charge in [0.15, 0.2) is 0 Å². The smallest absolute Gasteiger partial charge is 0.414 e. The molecule has 0 radical (unpaired) electrons. The summed E-state index contributed by atoms with van der Waals surface area (Å²) in [5.74, 6) is -3.70. The minimum atomic E-state index is -1.82. The molecule has 216 valence electrons. The Balaban J connectivity index is 0.000000696. The molecule has 0 spiro atoms. The van der Waals surface area contributed by atoms with Crippen molar-refractivity contribution in [3.8, 4) is 0 Å². The van der Waals surface area contributed by atoms with Crippen LogP contribution in [0.4, 0.5) is 0 Å². The van der Waals surface area contributed by atoms with E-state index in [2.05, 4.69) is 81.6 Å². The zero-order valence-electron chi connectivity index (χ0n) is 23.4. The van der Waals surface area contributed by atoms with E-state index in [-0.39, 0.29) is 5.91 Å². The van der Waals surface area contributed by atoms with Crippen LogP contribution in [0.25, 0.3) is 6.08 Å². The zero-order valence-corrected chi connectivity index (χ0v) is 23.4. The second kappa shape index (κ2) is 16.7. The predicted molar refractivity (Wildman–Crippen MR) is 158 cm³/mol. The highest BCUT2D eigenvalue weighted by atomic mass is 16.4. The standard InChI is InChI=1S/C30H36N4O.C2H2O4/c1-25-9-7-13-28(23-25)30(27-11-3-2-4-12-27)34-21-19-33(20-22-34)18-6-5-17-32-29(35)15-14-26-10-8-16-31-24-26;3-1(4)2(5)6/h2-4,7-16,23-24,30H,5-6,17-22H2,1H3,(H,32,35);(H,3,4)(H,5,6)/b15-14+;. The molecule has 9 heteroatoms. The van der Waals surface area contributed by atoms with Crippen LogP contribution in [0.3, 0.4) is 0 Å². The van der Waals surface area contributed by atoms with Gasteiger partial charge >= 0.3 is 11.9 Å². The molecule has 1 unspecified atom stereocenters. The third-order valence-corrected chi connectivity index (χ3v) is 6.74. The molecule has 3 aromatic rings. The summed E-state index contributed by atoms with van der Waals surface area (Å²) in [6, 6.07) is 23.9. The Morgan fingerprint density at radius 3 is 2.24 bits per heavy atom. The summed E-state index contributed by atoms with van der Waals surface area (Å²) in [6.07, 6.45) is 8.92. The molecular formula is C32H38N4O5. The zero-order chi connectivity index (χ0) is 29.5. The summed E-state index contributed by atoms with van der Waals surface area (Å²) >= 11 is 0. The lowest BCUT2D eigenvalue weighted by atomic mass is 9.95. The maximum atomic E-state index is 12.0. The number of aryl methyl sites for hydroxylation is 1. The number of carboxylic acids is 2. The number of hydrogen-bond acceptors (Lipinski definition) is 6. The van der Waals surface area contributed by atoms with Crippen molar-refractivity contribution in [3.63, 3.8) is 0 Å². The average Bonchev–Trinajstić information content (AvgIpc) is 2.98. The summed E-state index contributed by atoms with van der Waals surface area (Å²) < 4.78 is 0. The molecule has 1 fully saturated rings. The van der Waals surface area contributed by atoms with Gasteiger partial charge in [-0.3, -0.25) is 14.7 Å². The van der Waals surface area contributed by atoms with E-state index in [0.29, 0.717) is 12.6 Å². The number of benzene rings is 2. The van der Waals surface area contributed by atoms with Crippen LogP contribution in [0.1, 0.15) is 41.1 Å². The number of carbonyl (C=O) groups excluding carboxylic acids is 1. The third-order valence-electron chi connectivity index (χ3n) is 6.74. The number of piperazine rings is 1. The third kappa shape index (κ3) is 11.0. The number of nitrogens with one attached hydrogen (secondary N) is 1. The molecule has 1 aliphatic rings. The monoisotopic (exact) mass is 558 g/mol. The number of amides is 1. The number of aromatic nitrogens is 1. The molecule has 4 rings (SSSR count). The molecule has 3 N–H and O–H groups in total. The van der Waals surface area contributed by atoms with Gasteiger partial charge in [0.2, 0.25) is 5.91 Å². The van der Waals surface area contributed by atoms with E-state index >= 15 is 0 Å². The van der Waals surface area contributed by atoms with E-state index < -0.39 is 11.9 Å². The molecule has 1 atom stereocenters.